The van der Waals surface area contributed by atoms with Gasteiger partial charge >= 0.3 is 12.4 Å². The maximum atomic E-state index is 14.2. The number of likely N-dealkylation sites (tertiary alicyclic amines) is 1. The SMILES string of the molecule is COCC(=O)N1CC(c2ccc(C3=NOC(c4cc(Cl)c(Cl)c(C(F)(F)F)c4)(C(F)(F)F)C3)cc2)C1. The van der Waals surface area contributed by atoms with Crippen LogP contribution in [0.4, 0.5) is 26.3 Å². The van der Waals surface area contributed by atoms with Gasteiger partial charge in [-0.05, 0) is 23.3 Å². The third-order valence-corrected chi connectivity index (χ3v) is 7.01. The third-order valence-electron chi connectivity index (χ3n) is 6.20. The Bertz CT molecular complexity index is 1190. The summed E-state index contributed by atoms with van der Waals surface area (Å²) in [6, 6.07) is 7.52. The van der Waals surface area contributed by atoms with Crippen molar-refractivity contribution in [3.63, 3.8) is 0 Å². The van der Waals surface area contributed by atoms with Gasteiger partial charge in [0.1, 0.15) is 6.61 Å². The maximum Gasteiger partial charge on any atom is 0.435 e. The van der Waals surface area contributed by atoms with Gasteiger partial charge in [-0.15, -0.1) is 0 Å². The molecule has 1 saturated heterocycles. The predicted molar refractivity (Wildman–Crippen MR) is 119 cm³/mol. The fraction of sp³-hybridized carbons (Fsp3) is 0.391. The van der Waals surface area contributed by atoms with E-state index in [9.17, 15) is 31.1 Å². The van der Waals surface area contributed by atoms with E-state index in [-0.39, 0.29) is 30.2 Å². The molecule has 2 aromatic carbocycles. The molecule has 0 bridgehead atoms. The Kier molecular flexibility index (Phi) is 6.95. The third kappa shape index (κ3) is 4.76. The van der Waals surface area contributed by atoms with E-state index >= 15 is 0 Å². The summed E-state index contributed by atoms with van der Waals surface area (Å²) < 4.78 is 87.7. The first-order valence-corrected chi connectivity index (χ1v) is 11.3. The second kappa shape index (κ2) is 9.42. The fourth-order valence-corrected chi connectivity index (χ4v) is 4.58. The molecule has 1 fully saturated rings. The summed E-state index contributed by atoms with van der Waals surface area (Å²) in [7, 11) is 1.42. The van der Waals surface area contributed by atoms with Crippen molar-refractivity contribution in [1.29, 1.82) is 0 Å². The van der Waals surface area contributed by atoms with Gasteiger partial charge in [0, 0.05) is 38.1 Å². The Hall–Kier alpha value is -2.50. The molecule has 1 amide bonds. The lowest BCUT2D eigenvalue weighted by Gasteiger charge is -2.39. The van der Waals surface area contributed by atoms with Crippen LogP contribution in [0.2, 0.25) is 10.0 Å². The number of hydrogen-bond acceptors (Lipinski definition) is 4. The van der Waals surface area contributed by atoms with Crippen LogP contribution in [-0.2, 0) is 26.1 Å². The number of oxime groups is 1. The van der Waals surface area contributed by atoms with Crippen LogP contribution in [-0.4, -0.2) is 49.5 Å². The predicted octanol–water partition coefficient (Wildman–Crippen LogP) is 6.17. The monoisotopic (exact) mass is 554 g/mol. The molecule has 2 aliphatic heterocycles. The van der Waals surface area contributed by atoms with Crippen molar-refractivity contribution in [3.8, 4) is 0 Å². The van der Waals surface area contributed by atoms with E-state index in [0.717, 1.165) is 5.56 Å². The number of halogens is 8. The number of hydrogen-bond donors (Lipinski definition) is 0. The molecule has 2 aliphatic rings. The average Bonchev–Trinajstić information content (AvgIpc) is 3.21. The first-order chi connectivity index (χ1) is 16.8. The molecular weight excluding hydrogens is 537 g/mol. The smallest absolute Gasteiger partial charge is 0.375 e. The summed E-state index contributed by atoms with van der Waals surface area (Å²) in [5, 5.41) is 1.99. The Morgan fingerprint density at radius 1 is 1.14 bits per heavy atom. The largest absolute Gasteiger partial charge is 0.435 e. The lowest BCUT2D eigenvalue weighted by Crippen LogP contribution is -2.49. The summed E-state index contributed by atoms with van der Waals surface area (Å²) in [6.45, 7) is 0.957. The highest BCUT2D eigenvalue weighted by Crippen LogP contribution is 2.51. The summed E-state index contributed by atoms with van der Waals surface area (Å²) in [4.78, 5) is 18.3. The van der Waals surface area contributed by atoms with Crippen LogP contribution in [0, 0.1) is 0 Å². The molecule has 1 atom stereocenters. The van der Waals surface area contributed by atoms with Crippen LogP contribution < -0.4 is 0 Å². The lowest BCUT2D eigenvalue weighted by atomic mass is 9.85. The molecular formula is C23H18Cl2F6N2O3. The average molecular weight is 555 g/mol. The zero-order valence-corrected chi connectivity index (χ0v) is 20.0. The summed E-state index contributed by atoms with van der Waals surface area (Å²) in [5.74, 6) is -0.0739. The summed E-state index contributed by atoms with van der Waals surface area (Å²) in [6.07, 6.45) is -11.0. The number of rotatable bonds is 5. The van der Waals surface area contributed by atoms with Gasteiger partial charge in [-0.1, -0.05) is 52.6 Å². The molecule has 36 heavy (non-hydrogen) atoms. The van der Waals surface area contributed by atoms with E-state index in [4.69, 9.17) is 32.8 Å². The van der Waals surface area contributed by atoms with E-state index in [1.807, 2.05) is 0 Å². The van der Waals surface area contributed by atoms with Crippen molar-refractivity contribution < 1.29 is 40.7 Å². The molecule has 13 heteroatoms. The Balaban J connectivity index is 1.57. The summed E-state index contributed by atoms with van der Waals surface area (Å²) >= 11 is 11.4. The first-order valence-electron chi connectivity index (χ1n) is 10.5. The number of nitrogens with zero attached hydrogens (tertiary/aromatic N) is 2. The molecule has 2 aromatic rings. The second-order valence-electron chi connectivity index (χ2n) is 8.50. The topological polar surface area (TPSA) is 51.1 Å². The number of amides is 1. The zero-order valence-electron chi connectivity index (χ0n) is 18.5. The molecule has 5 nitrogen and oxygen atoms in total. The van der Waals surface area contributed by atoms with Gasteiger partial charge in [0.2, 0.25) is 5.91 Å². The quantitative estimate of drug-likeness (QED) is 0.415. The van der Waals surface area contributed by atoms with E-state index < -0.39 is 45.5 Å². The molecule has 0 aliphatic carbocycles. The van der Waals surface area contributed by atoms with Gasteiger partial charge in [0.05, 0.1) is 21.3 Å². The van der Waals surface area contributed by atoms with Crippen LogP contribution >= 0.6 is 23.2 Å². The van der Waals surface area contributed by atoms with Crippen molar-refractivity contribution in [2.75, 3.05) is 26.8 Å². The van der Waals surface area contributed by atoms with Gasteiger partial charge in [-0.25, -0.2) is 0 Å². The summed E-state index contributed by atoms with van der Waals surface area (Å²) in [5.41, 5.74) is -4.44. The highest BCUT2D eigenvalue weighted by molar-refractivity contribution is 6.42. The van der Waals surface area contributed by atoms with Crippen LogP contribution in [0.25, 0.3) is 0 Å². The molecule has 2 heterocycles. The normalized spacial score (nSPS) is 20.7. The standard InChI is InChI=1S/C23H18Cl2F6N2O3/c1-35-11-19(34)33-9-14(10-33)12-2-4-13(5-3-12)18-8-21(36-32-18,23(29,30)31)15-6-16(22(26,27)28)20(25)17(24)7-15/h2-7,14H,8-11H2,1H3. The number of benzene rings is 2. The zero-order chi connectivity index (χ0) is 26.5. The first kappa shape index (κ1) is 26.6. The molecule has 0 aromatic heterocycles. The number of alkyl halides is 6. The molecule has 1 unspecified atom stereocenters. The number of ether oxygens (including phenoxy) is 1. The van der Waals surface area contributed by atoms with Gasteiger partial charge in [0.25, 0.3) is 5.60 Å². The van der Waals surface area contributed by atoms with E-state index in [2.05, 4.69) is 5.16 Å². The molecule has 194 valence electrons. The van der Waals surface area contributed by atoms with Crippen molar-refractivity contribution in [1.82, 2.24) is 4.90 Å². The highest BCUT2D eigenvalue weighted by Gasteiger charge is 2.63. The van der Waals surface area contributed by atoms with Crippen molar-refractivity contribution in [3.05, 3.63) is 68.7 Å². The molecule has 0 radical (unpaired) electrons. The van der Waals surface area contributed by atoms with Gasteiger partial charge in [0.15, 0.2) is 0 Å². The van der Waals surface area contributed by atoms with E-state index in [1.165, 1.54) is 7.11 Å². The minimum atomic E-state index is -5.12. The minimum absolute atomic E-state index is 0.0181. The molecule has 0 N–H and O–H groups in total. The van der Waals surface area contributed by atoms with Crippen LogP contribution in [0.5, 0.6) is 0 Å². The lowest BCUT2D eigenvalue weighted by molar-refractivity contribution is -0.276. The number of carbonyl (C=O) groups excluding carboxylic acids is 1. The number of methoxy groups -OCH3 is 1. The van der Waals surface area contributed by atoms with Crippen LogP contribution in [0.15, 0.2) is 41.6 Å². The Morgan fingerprint density at radius 3 is 2.33 bits per heavy atom. The minimum Gasteiger partial charge on any atom is -0.375 e. The van der Waals surface area contributed by atoms with Crippen LogP contribution in [0.1, 0.15) is 34.6 Å². The number of carbonyl (C=O) groups is 1. The van der Waals surface area contributed by atoms with Gasteiger partial charge in [-0.3, -0.25) is 4.79 Å². The molecule has 0 saturated carbocycles. The van der Waals surface area contributed by atoms with E-state index in [1.54, 1.807) is 29.2 Å². The Labute approximate surface area is 211 Å². The van der Waals surface area contributed by atoms with Crippen molar-refractivity contribution in [2.45, 2.75) is 30.3 Å². The second-order valence-corrected chi connectivity index (χ2v) is 9.28. The van der Waals surface area contributed by atoms with Crippen molar-refractivity contribution >= 4 is 34.8 Å². The molecule has 4 rings (SSSR count). The Morgan fingerprint density at radius 2 is 1.78 bits per heavy atom. The van der Waals surface area contributed by atoms with Crippen molar-refractivity contribution in [2.24, 2.45) is 5.16 Å². The van der Waals surface area contributed by atoms with Gasteiger partial charge in [-0.2, -0.15) is 26.3 Å². The van der Waals surface area contributed by atoms with Crippen LogP contribution in [0.3, 0.4) is 0 Å². The maximum absolute atomic E-state index is 14.2. The highest BCUT2D eigenvalue weighted by atomic mass is 35.5. The molecule has 0 spiro atoms. The fourth-order valence-electron chi connectivity index (χ4n) is 4.14. The van der Waals surface area contributed by atoms with E-state index in [0.29, 0.717) is 24.7 Å². The van der Waals surface area contributed by atoms with Gasteiger partial charge < -0.3 is 14.5 Å².